The van der Waals surface area contributed by atoms with Crippen molar-refractivity contribution in [2.75, 3.05) is 21.2 Å². The van der Waals surface area contributed by atoms with Crippen LogP contribution >= 0.6 is 23.2 Å². The van der Waals surface area contributed by atoms with Crippen LogP contribution in [-0.4, -0.2) is 69.5 Å². The van der Waals surface area contributed by atoms with Gasteiger partial charge in [0.2, 0.25) is 11.8 Å². The quantitative estimate of drug-likeness (QED) is 0.384. The first-order chi connectivity index (χ1) is 15.5. The molecule has 33 heavy (non-hydrogen) atoms. The number of alkyl halides is 2. The van der Waals surface area contributed by atoms with E-state index in [1.807, 2.05) is 6.08 Å². The van der Waals surface area contributed by atoms with Gasteiger partial charge in [-0.05, 0) is 24.8 Å². The summed E-state index contributed by atoms with van der Waals surface area (Å²) in [6, 6.07) is 4.80. The monoisotopic (exact) mass is 492 g/mol. The van der Waals surface area contributed by atoms with Crippen molar-refractivity contribution < 1.29 is 29.0 Å². The van der Waals surface area contributed by atoms with E-state index in [0.29, 0.717) is 5.57 Å². The number of amides is 4. The lowest BCUT2D eigenvalue weighted by atomic mass is 9.56. The molecule has 10 heteroatoms. The summed E-state index contributed by atoms with van der Waals surface area (Å²) in [4.78, 5) is 50.7. The average molecular weight is 493 g/mol. The molecule has 0 spiro atoms. The van der Waals surface area contributed by atoms with Crippen molar-refractivity contribution in [1.29, 1.82) is 0 Å². The third-order valence-corrected chi connectivity index (χ3v) is 9.21. The van der Waals surface area contributed by atoms with Gasteiger partial charge in [-0.25, -0.2) is 0 Å². The highest BCUT2D eigenvalue weighted by Crippen LogP contribution is 2.66. The summed E-state index contributed by atoms with van der Waals surface area (Å²) in [7, 11) is 4.15. The first-order valence-corrected chi connectivity index (χ1v) is 11.3. The van der Waals surface area contributed by atoms with Crippen LogP contribution in [0.2, 0.25) is 0 Å². The minimum absolute atomic E-state index is 0.0753. The van der Waals surface area contributed by atoms with Crippen molar-refractivity contribution in [1.82, 2.24) is 9.80 Å². The van der Waals surface area contributed by atoms with Crippen molar-refractivity contribution in [2.24, 2.45) is 17.8 Å². The molecule has 4 amide bonds. The summed E-state index contributed by atoms with van der Waals surface area (Å²) in [6.45, 7) is 0. The number of nitrogens with zero attached hydrogens (tertiary/aromatic N) is 2. The van der Waals surface area contributed by atoms with Crippen LogP contribution in [0, 0.1) is 17.8 Å². The van der Waals surface area contributed by atoms with Crippen molar-refractivity contribution in [2.45, 2.75) is 28.5 Å². The third-order valence-electron chi connectivity index (χ3n) is 7.80. The third kappa shape index (κ3) is 2.48. The fourth-order valence-electron chi connectivity index (χ4n) is 6.18. The maximum Gasteiger partial charge on any atom is 0.253 e. The number of hydrogen-bond acceptors (Lipinski definition) is 6. The van der Waals surface area contributed by atoms with E-state index in [0.717, 1.165) is 9.80 Å². The highest BCUT2D eigenvalue weighted by atomic mass is 35.5. The number of methoxy groups -OCH3 is 1. The molecule has 1 aromatic carbocycles. The van der Waals surface area contributed by atoms with E-state index >= 15 is 0 Å². The predicted molar refractivity (Wildman–Crippen MR) is 118 cm³/mol. The fourth-order valence-corrected chi connectivity index (χ4v) is 7.20. The highest BCUT2D eigenvalue weighted by molar-refractivity contribution is 6.53. The van der Waals surface area contributed by atoms with Crippen LogP contribution < -0.4 is 4.74 Å². The molecule has 1 N–H and O–H groups in total. The van der Waals surface area contributed by atoms with Gasteiger partial charge in [-0.2, -0.15) is 0 Å². The van der Waals surface area contributed by atoms with Crippen LogP contribution in [-0.2, 0) is 19.2 Å². The summed E-state index contributed by atoms with van der Waals surface area (Å²) in [5, 5.41) is 11.0. The molecule has 2 aliphatic heterocycles. The number of imide groups is 2. The Hall–Kier alpha value is -2.58. The lowest BCUT2D eigenvalue weighted by Gasteiger charge is -2.50. The smallest absolute Gasteiger partial charge is 0.253 e. The molecule has 3 fully saturated rings. The lowest BCUT2D eigenvalue weighted by Crippen LogP contribution is -2.60. The van der Waals surface area contributed by atoms with Crippen LogP contribution in [0.15, 0.2) is 29.8 Å². The minimum atomic E-state index is -1.93. The Bertz CT molecular complexity index is 1170. The molecule has 1 saturated carbocycles. The predicted octanol–water partition coefficient (Wildman–Crippen LogP) is 2.02. The number of rotatable bonds is 2. The van der Waals surface area contributed by atoms with Gasteiger partial charge in [-0.15, -0.1) is 23.2 Å². The minimum Gasteiger partial charge on any atom is -0.504 e. The summed E-state index contributed by atoms with van der Waals surface area (Å²) in [6.07, 6.45) is 2.03. The number of likely N-dealkylation sites (tertiary alicyclic amines) is 2. The average Bonchev–Trinajstić information content (AvgIpc) is 3.09. The second kappa shape index (κ2) is 6.96. The number of carbonyl (C=O) groups is 4. The van der Waals surface area contributed by atoms with E-state index in [9.17, 15) is 24.3 Å². The van der Waals surface area contributed by atoms with Gasteiger partial charge in [0, 0.05) is 25.6 Å². The summed E-state index contributed by atoms with van der Waals surface area (Å²) < 4.78 is 5.25. The van der Waals surface area contributed by atoms with Gasteiger partial charge in [0.25, 0.3) is 11.8 Å². The molecule has 0 radical (unpaired) electrons. The van der Waals surface area contributed by atoms with E-state index in [2.05, 4.69) is 0 Å². The van der Waals surface area contributed by atoms with Gasteiger partial charge in [-0.3, -0.25) is 29.0 Å². The normalized spacial score (nSPS) is 37.7. The van der Waals surface area contributed by atoms with Crippen molar-refractivity contribution in [3.8, 4) is 11.5 Å². The van der Waals surface area contributed by atoms with E-state index in [4.69, 9.17) is 27.9 Å². The Balaban J connectivity index is 1.78. The standard InChI is InChI=1S/C23H22Cl2N2O6/c1-26-18(29)11-8-7-10-13(15(11)19(26)30)9-22(24)20(31)27(2)21(32)23(22,25)16(10)12-5-4-6-14(33-3)17(12)28/h4-7,11,13,15-16,28H,8-9H2,1-3H3. The number of hydrogen-bond donors (Lipinski definition) is 1. The number of phenolic OH excluding ortho intramolecular Hbond substituents is 1. The van der Waals surface area contributed by atoms with Gasteiger partial charge >= 0.3 is 0 Å². The number of halogens is 2. The number of benzene rings is 1. The zero-order valence-electron chi connectivity index (χ0n) is 18.2. The van der Waals surface area contributed by atoms with Crippen molar-refractivity contribution in [3.63, 3.8) is 0 Å². The Labute approximate surface area is 200 Å². The van der Waals surface area contributed by atoms with E-state index in [1.165, 1.54) is 21.2 Å². The fraction of sp³-hybridized carbons (Fsp3) is 0.478. The van der Waals surface area contributed by atoms with E-state index in [-0.39, 0.29) is 41.7 Å². The number of para-hydroxylation sites is 1. The van der Waals surface area contributed by atoms with Crippen LogP contribution in [0.4, 0.5) is 0 Å². The number of phenols is 1. The van der Waals surface area contributed by atoms with Gasteiger partial charge in [0.05, 0.1) is 18.9 Å². The molecule has 1 aromatic rings. The molecule has 5 rings (SSSR count). The molecule has 8 nitrogen and oxygen atoms in total. The number of allylic oxidation sites excluding steroid dienone is 2. The molecule has 0 aromatic heterocycles. The SMILES string of the molecule is COc1cccc(C2C3=CCC4C(=O)N(C)C(=O)C4C3CC3(Cl)C(=O)N(C)C(=O)C23Cl)c1O. The maximum atomic E-state index is 13.4. The van der Waals surface area contributed by atoms with Crippen LogP contribution in [0.5, 0.6) is 11.5 Å². The molecular formula is C23H22Cl2N2O6. The summed E-state index contributed by atoms with van der Waals surface area (Å²) >= 11 is 14.0. The summed E-state index contributed by atoms with van der Waals surface area (Å²) in [5.41, 5.74) is 0.893. The van der Waals surface area contributed by atoms with Gasteiger partial charge < -0.3 is 9.84 Å². The van der Waals surface area contributed by atoms with Crippen molar-refractivity contribution >= 4 is 46.8 Å². The van der Waals surface area contributed by atoms with E-state index < -0.39 is 45.2 Å². The Kier molecular flexibility index (Phi) is 4.69. The number of ether oxygens (including phenoxy) is 1. The lowest BCUT2D eigenvalue weighted by molar-refractivity contribution is -0.140. The first kappa shape index (κ1) is 22.2. The molecule has 2 saturated heterocycles. The summed E-state index contributed by atoms with van der Waals surface area (Å²) in [5.74, 6) is -4.93. The van der Waals surface area contributed by atoms with Crippen LogP contribution in [0.25, 0.3) is 0 Å². The van der Waals surface area contributed by atoms with Gasteiger partial charge in [0.1, 0.15) is 0 Å². The van der Waals surface area contributed by atoms with Crippen molar-refractivity contribution in [3.05, 3.63) is 35.4 Å². The maximum absolute atomic E-state index is 13.4. The molecule has 2 aliphatic carbocycles. The molecule has 0 bridgehead atoms. The zero-order chi connectivity index (χ0) is 24.0. The molecule has 2 heterocycles. The van der Waals surface area contributed by atoms with Crippen LogP contribution in [0.3, 0.4) is 0 Å². The molecule has 6 atom stereocenters. The Morgan fingerprint density at radius 3 is 2.39 bits per heavy atom. The van der Waals surface area contributed by atoms with Gasteiger partial charge in [-0.1, -0.05) is 23.8 Å². The largest absolute Gasteiger partial charge is 0.504 e. The zero-order valence-corrected chi connectivity index (χ0v) is 19.7. The van der Waals surface area contributed by atoms with Gasteiger partial charge in [0.15, 0.2) is 21.2 Å². The Morgan fingerprint density at radius 1 is 1.03 bits per heavy atom. The number of fused-ring (bicyclic) bond motifs is 4. The molecule has 174 valence electrons. The number of aromatic hydroxyl groups is 1. The molecule has 4 aliphatic rings. The second-order valence-electron chi connectivity index (χ2n) is 9.13. The van der Waals surface area contributed by atoms with Crippen LogP contribution in [0.1, 0.15) is 24.3 Å². The number of carbonyl (C=O) groups excluding carboxylic acids is 4. The Morgan fingerprint density at radius 2 is 1.73 bits per heavy atom. The molecule has 6 unspecified atom stereocenters. The second-order valence-corrected chi connectivity index (χ2v) is 10.4. The highest BCUT2D eigenvalue weighted by Gasteiger charge is 2.76. The topological polar surface area (TPSA) is 104 Å². The van der Waals surface area contributed by atoms with E-state index in [1.54, 1.807) is 18.2 Å². The molecular weight excluding hydrogens is 471 g/mol. The first-order valence-electron chi connectivity index (χ1n) is 10.6.